The first-order chi connectivity index (χ1) is 10.5. The maximum absolute atomic E-state index is 12.1. The number of carbonyl (C=O) groups is 1. The predicted octanol–water partition coefficient (Wildman–Crippen LogP) is 3.04. The van der Waals surface area contributed by atoms with Gasteiger partial charge in [-0.15, -0.1) is 0 Å². The highest BCUT2D eigenvalue weighted by molar-refractivity contribution is 5.80. The van der Waals surface area contributed by atoms with Gasteiger partial charge in [0.1, 0.15) is 11.5 Å². The standard InChI is InChI=1S/C19H25NO2/c1-12(2)20-8-7-19-6-5-15(22)11-17(19)18(20)9-13-3-4-14(21)10-16(13)19/h3-4,10,12,17-18,21H,5-9,11H2,1-2H3/t17-,18+,19-/m0/s1. The summed E-state index contributed by atoms with van der Waals surface area (Å²) in [5.41, 5.74) is 2.85. The summed E-state index contributed by atoms with van der Waals surface area (Å²) in [5.74, 6) is 1.23. The lowest BCUT2D eigenvalue weighted by molar-refractivity contribution is -0.128. The van der Waals surface area contributed by atoms with E-state index in [9.17, 15) is 9.90 Å². The Morgan fingerprint density at radius 2 is 2.09 bits per heavy atom. The summed E-state index contributed by atoms with van der Waals surface area (Å²) in [6, 6.07) is 6.92. The van der Waals surface area contributed by atoms with Crippen LogP contribution in [-0.2, 0) is 16.6 Å². The topological polar surface area (TPSA) is 40.5 Å². The summed E-state index contributed by atoms with van der Waals surface area (Å²) in [7, 11) is 0. The molecule has 1 aromatic rings. The van der Waals surface area contributed by atoms with Crippen molar-refractivity contribution in [3.8, 4) is 5.75 Å². The average molecular weight is 299 g/mol. The highest BCUT2D eigenvalue weighted by Crippen LogP contribution is 2.55. The zero-order valence-corrected chi connectivity index (χ0v) is 13.5. The van der Waals surface area contributed by atoms with Gasteiger partial charge in [0.25, 0.3) is 0 Å². The molecule has 0 radical (unpaired) electrons. The maximum atomic E-state index is 12.1. The molecule has 2 aliphatic carbocycles. The fourth-order valence-corrected chi connectivity index (χ4v) is 5.43. The first-order valence-electron chi connectivity index (χ1n) is 8.61. The molecule has 2 fully saturated rings. The molecule has 0 spiro atoms. The lowest BCUT2D eigenvalue weighted by atomic mass is 9.52. The van der Waals surface area contributed by atoms with Crippen LogP contribution in [0.5, 0.6) is 5.75 Å². The number of carbonyl (C=O) groups excluding carboxylic acids is 1. The number of hydrogen-bond donors (Lipinski definition) is 1. The molecule has 4 rings (SSSR count). The van der Waals surface area contributed by atoms with E-state index in [0.717, 1.165) is 32.2 Å². The second-order valence-electron chi connectivity index (χ2n) is 7.70. The van der Waals surface area contributed by atoms with Crippen LogP contribution in [0.3, 0.4) is 0 Å². The molecule has 3 heteroatoms. The van der Waals surface area contributed by atoms with Gasteiger partial charge < -0.3 is 5.11 Å². The molecule has 1 aromatic carbocycles. The summed E-state index contributed by atoms with van der Waals surface area (Å²) in [6.07, 6.45) is 4.54. The molecule has 22 heavy (non-hydrogen) atoms. The highest BCUT2D eigenvalue weighted by atomic mass is 16.3. The van der Waals surface area contributed by atoms with Crippen LogP contribution in [-0.4, -0.2) is 34.4 Å². The van der Waals surface area contributed by atoms with E-state index >= 15 is 0 Å². The van der Waals surface area contributed by atoms with Gasteiger partial charge in [-0.3, -0.25) is 9.69 Å². The summed E-state index contributed by atoms with van der Waals surface area (Å²) in [6.45, 7) is 5.65. The van der Waals surface area contributed by atoms with Crippen molar-refractivity contribution < 1.29 is 9.90 Å². The minimum atomic E-state index is 0.121. The van der Waals surface area contributed by atoms with Gasteiger partial charge >= 0.3 is 0 Å². The molecule has 1 saturated heterocycles. The number of nitrogens with zero attached hydrogens (tertiary/aromatic N) is 1. The smallest absolute Gasteiger partial charge is 0.133 e. The minimum Gasteiger partial charge on any atom is -0.508 e. The number of ketones is 1. The molecular weight excluding hydrogens is 274 g/mol. The molecule has 118 valence electrons. The van der Waals surface area contributed by atoms with Crippen LogP contribution in [0.2, 0.25) is 0 Å². The number of rotatable bonds is 1. The third-order valence-corrected chi connectivity index (χ3v) is 6.44. The second-order valence-corrected chi connectivity index (χ2v) is 7.70. The monoisotopic (exact) mass is 299 g/mol. The van der Waals surface area contributed by atoms with Gasteiger partial charge in [0.15, 0.2) is 0 Å². The van der Waals surface area contributed by atoms with Crippen molar-refractivity contribution in [1.29, 1.82) is 0 Å². The van der Waals surface area contributed by atoms with Crippen LogP contribution < -0.4 is 0 Å². The number of hydrogen-bond acceptors (Lipinski definition) is 3. The Bertz CT molecular complexity index is 624. The van der Waals surface area contributed by atoms with Gasteiger partial charge in [-0.2, -0.15) is 0 Å². The molecule has 2 bridgehead atoms. The number of phenolic OH excluding ortho intramolecular Hbond substituents is 1. The molecule has 0 amide bonds. The van der Waals surface area contributed by atoms with E-state index in [-0.39, 0.29) is 5.41 Å². The van der Waals surface area contributed by atoms with Gasteiger partial charge in [0, 0.05) is 30.3 Å². The number of fused-ring (bicyclic) bond motifs is 1. The van der Waals surface area contributed by atoms with E-state index in [4.69, 9.17) is 0 Å². The first-order valence-corrected chi connectivity index (χ1v) is 8.61. The lowest BCUT2D eigenvalue weighted by Crippen LogP contribution is -2.63. The number of aromatic hydroxyl groups is 1. The zero-order valence-electron chi connectivity index (χ0n) is 13.5. The Kier molecular flexibility index (Phi) is 3.12. The SMILES string of the molecule is CC(C)N1CC[C@]23CCC(=O)C[C@H]2[C@H]1Cc1ccc(O)cc13. The van der Waals surface area contributed by atoms with Crippen LogP contribution in [0.1, 0.15) is 50.7 Å². The van der Waals surface area contributed by atoms with Crippen molar-refractivity contribution in [1.82, 2.24) is 4.90 Å². The number of likely N-dealkylation sites (tertiary alicyclic amines) is 1. The predicted molar refractivity (Wildman–Crippen MR) is 86.1 cm³/mol. The number of phenols is 1. The quantitative estimate of drug-likeness (QED) is 0.866. The third-order valence-electron chi connectivity index (χ3n) is 6.44. The molecular formula is C19H25NO2. The highest BCUT2D eigenvalue weighted by Gasteiger charge is 2.55. The van der Waals surface area contributed by atoms with E-state index in [2.05, 4.69) is 24.8 Å². The van der Waals surface area contributed by atoms with Gasteiger partial charge in [0.2, 0.25) is 0 Å². The molecule has 1 aliphatic heterocycles. The van der Waals surface area contributed by atoms with Gasteiger partial charge in [0.05, 0.1) is 0 Å². The van der Waals surface area contributed by atoms with E-state index in [0.29, 0.717) is 36.0 Å². The average Bonchev–Trinajstić information content (AvgIpc) is 2.48. The Morgan fingerprint density at radius 1 is 1.27 bits per heavy atom. The summed E-state index contributed by atoms with van der Waals surface area (Å²) in [5, 5.41) is 9.99. The molecule has 3 aliphatic rings. The van der Waals surface area contributed by atoms with E-state index in [1.165, 1.54) is 11.1 Å². The number of benzene rings is 1. The minimum absolute atomic E-state index is 0.121. The van der Waals surface area contributed by atoms with Gasteiger partial charge in [-0.25, -0.2) is 0 Å². The Morgan fingerprint density at radius 3 is 2.86 bits per heavy atom. The fourth-order valence-electron chi connectivity index (χ4n) is 5.43. The van der Waals surface area contributed by atoms with E-state index in [1.54, 1.807) is 0 Å². The number of Topliss-reactive ketones (excluding diaryl/α,β-unsaturated/α-hetero) is 1. The Balaban J connectivity index is 1.86. The van der Waals surface area contributed by atoms with Gasteiger partial charge in [-0.05, 0) is 68.8 Å². The molecule has 1 saturated carbocycles. The van der Waals surface area contributed by atoms with Crippen LogP contribution in [0.15, 0.2) is 18.2 Å². The molecule has 0 unspecified atom stereocenters. The van der Waals surface area contributed by atoms with Crippen LogP contribution in [0, 0.1) is 5.92 Å². The first kappa shape index (κ1) is 14.3. The molecule has 3 nitrogen and oxygen atoms in total. The van der Waals surface area contributed by atoms with Crippen LogP contribution in [0.25, 0.3) is 0 Å². The summed E-state index contributed by atoms with van der Waals surface area (Å²) < 4.78 is 0. The second kappa shape index (κ2) is 4.82. The van der Waals surface area contributed by atoms with E-state index in [1.807, 2.05) is 12.1 Å². The molecule has 3 atom stereocenters. The van der Waals surface area contributed by atoms with Crippen LogP contribution >= 0.6 is 0 Å². The largest absolute Gasteiger partial charge is 0.508 e. The third kappa shape index (κ3) is 1.88. The summed E-state index contributed by atoms with van der Waals surface area (Å²) in [4.78, 5) is 14.7. The van der Waals surface area contributed by atoms with Crippen molar-refractivity contribution in [2.45, 2.75) is 63.5 Å². The van der Waals surface area contributed by atoms with Crippen molar-refractivity contribution in [2.24, 2.45) is 5.92 Å². The van der Waals surface area contributed by atoms with Crippen molar-refractivity contribution in [3.63, 3.8) is 0 Å². The van der Waals surface area contributed by atoms with Crippen molar-refractivity contribution in [3.05, 3.63) is 29.3 Å². The Labute approximate surface area is 132 Å². The zero-order chi connectivity index (χ0) is 15.5. The maximum Gasteiger partial charge on any atom is 0.133 e. The molecule has 0 aromatic heterocycles. The molecule has 1 heterocycles. The van der Waals surface area contributed by atoms with Crippen molar-refractivity contribution in [2.75, 3.05) is 6.54 Å². The van der Waals surface area contributed by atoms with Gasteiger partial charge in [-0.1, -0.05) is 6.07 Å². The molecule has 1 N–H and O–H groups in total. The summed E-state index contributed by atoms with van der Waals surface area (Å²) >= 11 is 0. The normalized spacial score (nSPS) is 34.4. The fraction of sp³-hybridized carbons (Fsp3) is 0.632. The van der Waals surface area contributed by atoms with E-state index < -0.39 is 0 Å². The Hall–Kier alpha value is -1.35. The van der Waals surface area contributed by atoms with Crippen LogP contribution in [0.4, 0.5) is 0 Å². The van der Waals surface area contributed by atoms with Crippen molar-refractivity contribution >= 4 is 5.78 Å². The number of piperidine rings is 1. The lowest BCUT2D eigenvalue weighted by Gasteiger charge is -2.59.